The van der Waals surface area contributed by atoms with E-state index in [4.69, 9.17) is 4.74 Å². The average molecular weight is 491 g/mol. The summed E-state index contributed by atoms with van der Waals surface area (Å²) in [7, 11) is 1.58. The molecule has 2 aliphatic carbocycles. The number of rotatable bonds is 3. The maximum atomic E-state index is 14.2. The van der Waals surface area contributed by atoms with Crippen LogP contribution < -0.4 is 5.32 Å². The van der Waals surface area contributed by atoms with Gasteiger partial charge in [-0.25, -0.2) is 0 Å². The molecule has 0 saturated carbocycles. The summed E-state index contributed by atoms with van der Waals surface area (Å²) >= 11 is 0. The van der Waals surface area contributed by atoms with Crippen molar-refractivity contribution in [2.45, 2.75) is 64.7 Å². The van der Waals surface area contributed by atoms with Crippen molar-refractivity contribution in [3.63, 3.8) is 0 Å². The third-order valence-electron chi connectivity index (χ3n) is 9.10. The summed E-state index contributed by atoms with van der Waals surface area (Å²) in [5.74, 6) is -0.593. The summed E-state index contributed by atoms with van der Waals surface area (Å²) in [6, 6.07) is 7.98. The van der Waals surface area contributed by atoms with Crippen LogP contribution in [-0.2, 0) is 20.7 Å². The third-order valence-corrected chi connectivity index (χ3v) is 9.10. The van der Waals surface area contributed by atoms with Crippen molar-refractivity contribution in [2.75, 3.05) is 7.11 Å². The number of aromatic amines is 1. The Morgan fingerprint density at radius 1 is 1.19 bits per heavy atom. The Bertz CT molecular complexity index is 1210. The molecule has 0 radical (unpaired) electrons. The summed E-state index contributed by atoms with van der Waals surface area (Å²) in [6.07, 6.45) is 8.97. The highest BCUT2D eigenvalue weighted by atomic mass is 16.5. The average Bonchev–Trinajstić information content (AvgIpc) is 3.39. The summed E-state index contributed by atoms with van der Waals surface area (Å²) in [4.78, 5) is 31.5. The highest BCUT2D eigenvalue weighted by Gasteiger charge is 2.65. The molecule has 3 N–H and O–H groups in total. The van der Waals surface area contributed by atoms with E-state index < -0.39 is 17.6 Å². The lowest BCUT2D eigenvalue weighted by molar-refractivity contribution is -0.148. The SMILES string of the molecule is COC1CC(C)CC=CC2C=C(C)C(C)C3C(Cc4c[nH]c5ccccc45)NC(=O)C23C(=O)CC1O. The maximum Gasteiger partial charge on any atom is 0.235 e. The van der Waals surface area contributed by atoms with Crippen LogP contribution in [-0.4, -0.2) is 47.1 Å². The number of hydrogen-bond acceptors (Lipinski definition) is 4. The molecule has 0 bridgehead atoms. The molecule has 6 heteroatoms. The number of nitrogens with one attached hydrogen (secondary N) is 2. The van der Waals surface area contributed by atoms with Gasteiger partial charge in [-0.05, 0) is 49.7 Å². The Morgan fingerprint density at radius 2 is 1.97 bits per heavy atom. The van der Waals surface area contributed by atoms with E-state index in [0.29, 0.717) is 18.8 Å². The molecule has 1 aromatic heterocycles. The van der Waals surface area contributed by atoms with Crippen molar-refractivity contribution in [1.82, 2.24) is 10.3 Å². The van der Waals surface area contributed by atoms with Gasteiger partial charge in [0.15, 0.2) is 5.78 Å². The number of fused-ring (bicyclic) bond motifs is 1. The first kappa shape index (κ1) is 25.0. The minimum absolute atomic E-state index is 0.0483. The Hall–Kier alpha value is -2.70. The fourth-order valence-electron chi connectivity index (χ4n) is 7.08. The molecule has 2 heterocycles. The van der Waals surface area contributed by atoms with Crippen LogP contribution >= 0.6 is 0 Å². The maximum absolute atomic E-state index is 14.2. The van der Waals surface area contributed by atoms with E-state index in [9.17, 15) is 14.7 Å². The molecule has 5 rings (SSSR count). The van der Waals surface area contributed by atoms with Crippen LogP contribution in [0.2, 0.25) is 0 Å². The molecule has 1 saturated heterocycles. The number of H-pyrrole nitrogens is 1. The number of allylic oxidation sites excluding steroid dienone is 4. The number of carbonyl (C=O) groups is 2. The zero-order valence-electron chi connectivity index (χ0n) is 21.7. The number of aromatic nitrogens is 1. The van der Waals surface area contributed by atoms with Gasteiger partial charge in [-0.15, -0.1) is 0 Å². The van der Waals surface area contributed by atoms with Crippen LogP contribution in [0.4, 0.5) is 0 Å². The van der Waals surface area contributed by atoms with Crippen LogP contribution in [0, 0.1) is 29.1 Å². The van der Waals surface area contributed by atoms with Gasteiger partial charge in [0.1, 0.15) is 5.41 Å². The number of hydrogen-bond donors (Lipinski definition) is 3. The van der Waals surface area contributed by atoms with Crippen LogP contribution in [0.25, 0.3) is 10.9 Å². The highest BCUT2D eigenvalue weighted by molar-refractivity contribution is 6.09. The van der Waals surface area contributed by atoms with Crippen molar-refractivity contribution in [2.24, 2.45) is 29.1 Å². The van der Waals surface area contributed by atoms with Crippen molar-refractivity contribution >= 4 is 22.6 Å². The molecule has 192 valence electrons. The molecule has 6 nitrogen and oxygen atoms in total. The lowest BCUT2D eigenvalue weighted by Gasteiger charge is -2.45. The Labute approximate surface area is 213 Å². The first-order valence-corrected chi connectivity index (χ1v) is 13.2. The van der Waals surface area contributed by atoms with E-state index in [1.165, 1.54) is 5.57 Å². The molecule has 1 amide bonds. The number of aliphatic hydroxyl groups excluding tert-OH is 1. The molecule has 8 atom stereocenters. The second-order valence-corrected chi connectivity index (χ2v) is 11.2. The van der Waals surface area contributed by atoms with Crippen molar-refractivity contribution in [1.29, 1.82) is 0 Å². The third kappa shape index (κ3) is 3.95. The van der Waals surface area contributed by atoms with Crippen molar-refractivity contribution in [3.05, 3.63) is 59.8 Å². The molecule has 1 fully saturated rings. The number of ether oxygens (including phenoxy) is 1. The van der Waals surface area contributed by atoms with Crippen molar-refractivity contribution in [3.8, 4) is 0 Å². The van der Waals surface area contributed by atoms with Gasteiger partial charge in [0.05, 0.1) is 12.2 Å². The van der Waals surface area contributed by atoms with Crippen molar-refractivity contribution < 1.29 is 19.4 Å². The van der Waals surface area contributed by atoms with Gasteiger partial charge < -0.3 is 20.1 Å². The number of amides is 1. The summed E-state index contributed by atoms with van der Waals surface area (Å²) in [5.41, 5.74) is 2.17. The lowest BCUT2D eigenvalue weighted by atomic mass is 9.54. The highest BCUT2D eigenvalue weighted by Crippen LogP contribution is 2.55. The molecule has 8 unspecified atom stereocenters. The van der Waals surface area contributed by atoms with E-state index in [1.807, 2.05) is 24.4 Å². The standard InChI is InChI=1S/C30H38N2O4/c1-17-8-7-9-21-13-18(2)19(3)28-24(14-20-16-31-23-11-6-5-10-22(20)23)32-29(35)30(21,28)27(34)15-25(33)26(12-17)36-4/h5-7,9-11,13,16-17,19,21,24-26,28,31,33H,8,12,14-15H2,1-4H3,(H,32,35). The Balaban J connectivity index is 1.59. The largest absolute Gasteiger partial charge is 0.390 e. The lowest BCUT2D eigenvalue weighted by Crippen LogP contribution is -2.53. The van der Waals surface area contributed by atoms with Crippen LogP contribution in [0.1, 0.15) is 45.6 Å². The molecule has 1 spiro atoms. The topological polar surface area (TPSA) is 91.4 Å². The van der Waals surface area contributed by atoms with E-state index in [0.717, 1.165) is 22.9 Å². The molecule has 1 aromatic carbocycles. The Kier molecular flexibility index (Phi) is 6.69. The Morgan fingerprint density at radius 3 is 2.75 bits per heavy atom. The van der Waals surface area contributed by atoms with Gasteiger partial charge in [0.2, 0.25) is 5.91 Å². The van der Waals surface area contributed by atoms with E-state index >= 15 is 0 Å². The van der Waals surface area contributed by atoms with Gasteiger partial charge in [0.25, 0.3) is 0 Å². The minimum Gasteiger partial charge on any atom is -0.390 e. The number of methoxy groups -OCH3 is 1. The van der Waals surface area contributed by atoms with Gasteiger partial charge in [-0.3, -0.25) is 9.59 Å². The number of benzene rings is 1. The normalized spacial score (nSPS) is 37.1. The zero-order chi connectivity index (χ0) is 25.6. The number of aliphatic hydroxyl groups is 1. The predicted octanol–water partition coefficient (Wildman–Crippen LogP) is 4.34. The minimum atomic E-state index is -1.24. The second kappa shape index (κ2) is 9.64. The van der Waals surface area contributed by atoms with E-state index in [-0.39, 0.29) is 41.9 Å². The second-order valence-electron chi connectivity index (χ2n) is 11.2. The first-order chi connectivity index (χ1) is 17.3. The number of para-hydroxylation sites is 1. The fourth-order valence-corrected chi connectivity index (χ4v) is 7.08. The predicted molar refractivity (Wildman–Crippen MR) is 140 cm³/mol. The first-order valence-electron chi connectivity index (χ1n) is 13.2. The monoisotopic (exact) mass is 490 g/mol. The molecular formula is C30H38N2O4. The zero-order valence-corrected chi connectivity index (χ0v) is 21.7. The van der Waals surface area contributed by atoms with E-state index in [2.05, 4.69) is 55.4 Å². The van der Waals surface area contributed by atoms with Crippen LogP contribution in [0.15, 0.2) is 54.3 Å². The fraction of sp³-hybridized carbons (Fsp3) is 0.533. The van der Waals surface area contributed by atoms with Crippen LogP contribution in [0.3, 0.4) is 0 Å². The van der Waals surface area contributed by atoms with Gasteiger partial charge in [-0.2, -0.15) is 0 Å². The smallest absolute Gasteiger partial charge is 0.235 e. The quantitative estimate of drug-likeness (QED) is 0.441. The summed E-state index contributed by atoms with van der Waals surface area (Å²) in [6.45, 7) is 6.38. The van der Waals surface area contributed by atoms with Crippen LogP contribution in [0.5, 0.6) is 0 Å². The molecule has 2 aromatic rings. The molecular weight excluding hydrogens is 452 g/mol. The number of carbonyl (C=O) groups excluding carboxylic acids is 2. The molecule has 3 aliphatic rings. The van der Waals surface area contributed by atoms with Gasteiger partial charge in [-0.1, -0.05) is 55.8 Å². The van der Waals surface area contributed by atoms with E-state index in [1.54, 1.807) is 7.11 Å². The summed E-state index contributed by atoms with van der Waals surface area (Å²) in [5, 5.41) is 15.5. The van der Waals surface area contributed by atoms with Gasteiger partial charge >= 0.3 is 0 Å². The molecule has 1 aliphatic heterocycles. The van der Waals surface area contributed by atoms with Gasteiger partial charge in [0, 0.05) is 48.5 Å². The number of ketones is 1. The number of Topliss-reactive ketones (excluding diaryl/α,β-unsaturated/α-hetero) is 1. The molecule has 36 heavy (non-hydrogen) atoms. The summed E-state index contributed by atoms with van der Waals surface area (Å²) < 4.78 is 5.59.